The number of fused-ring (bicyclic) bond motifs is 3. The summed E-state index contributed by atoms with van der Waals surface area (Å²) < 4.78 is 0. The van der Waals surface area contributed by atoms with Gasteiger partial charge in [-0.2, -0.15) is 5.43 Å². The molecule has 0 spiro atoms. The van der Waals surface area contributed by atoms with Crippen LogP contribution in [0.3, 0.4) is 0 Å². The second-order valence-electron chi connectivity index (χ2n) is 9.45. The maximum atomic E-state index is 13.3. The quantitative estimate of drug-likeness (QED) is 0.534. The van der Waals surface area contributed by atoms with Crippen LogP contribution in [0.4, 0.5) is 4.79 Å². The van der Waals surface area contributed by atoms with E-state index in [-0.39, 0.29) is 48.2 Å². The molecule has 0 radical (unpaired) electrons. The number of hydrogen-bond acceptors (Lipinski definition) is 5. The lowest BCUT2D eigenvalue weighted by atomic mass is 9.75. The zero-order valence-electron chi connectivity index (χ0n) is 18.3. The monoisotopic (exact) mass is 422 g/mol. The van der Waals surface area contributed by atoms with Gasteiger partial charge in [-0.25, -0.2) is 9.80 Å². The van der Waals surface area contributed by atoms with Gasteiger partial charge in [0.25, 0.3) is 0 Å². The molecule has 4 unspecified atom stereocenters. The molecule has 10 heteroatoms. The first-order valence-corrected chi connectivity index (χ1v) is 10.8. The van der Waals surface area contributed by atoms with Crippen molar-refractivity contribution in [2.75, 3.05) is 19.6 Å². The summed E-state index contributed by atoms with van der Waals surface area (Å²) >= 11 is 0. The summed E-state index contributed by atoms with van der Waals surface area (Å²) in [4.78, 5) is 53.8. The minimum atomic E-state index is -0.662. The summed E-state index contributed by atoms with van der Waals surface area (Å²) in [5, 5.41) is 4.15. The van der Waals surface area contributed by atoms with E-state index in [9.17, 15) is 19.2 Å². The van der Waals surface area contributed by atoms with Crippen LogP contribution in [0.15, 0.2) is 0 Å². The number of nitrogens with zero attached hydrogens (tertiary/aromatic N) is 3. The van der Waals surface area contributed by atoms with Crippen molar-refractivity contribution >= 4 is 23.8 Å². The molecule has 168 valence electrons. The van der Waals surface area contributed by atoms with Gasteiger partial charge >= 0.3 is 6.03 Å². The van der Waals surface area contributed by atoms with Gasteiger partial charge < -0.3 is 16.0 Å². The summed E-state index contributed by atoms with van der Waals surface area (Å²) in [6.45, 7) is 8.91. The van der Waals surface area contributed by atoms with Crippen molar-refractivity contribution in [3.8, 4) is 0 Å². The second-order valence-corrected chi connectivity index (χ2v) is 9.45. The predicted molar refractivity (Wildman–Crippen MR) is 109 cm³/mol. The van der Waals surface area contributed by atoms with Crippen LogP contribution in [0.1, 0.15) is 47.0 Å². The van der Waals surface area contributed by atoms with Gasteiger partial charge in [0.2, 0.25) is 17.7 Å². The van der Waals surface area contributed by atoms with Crippen LogP contribution in [0.25, 0.3) is 0 Å². The molecule has 1 aliphatic carbocycles. The molecule has 30 heavy (non-hydrogen) atoms. The molecule has 0 aromatic heterocycles. The Balaban J connectivity index is 1.83. The molecule has 3 aliphatic rings. The lowest BCUT2D eigenvalue weighted by Crippen LogP contribution is -2.67. The zero-order chi connectivity index (χ0) is 22.2. The van der Waals surface area contributed by atoms with Gasteiger partial charge in [0.15, 0.2) is 6.29 Å². The molecule has 10 nitrogen and oxygen atoms in total. The number of amides is 5. The van der Waals surface area contributed by atoms with E-state index in [0.717, 1.165) is 0 Å². The third-order valence-electron chi connectivity index (χ3n) is 5.99. The molecule has 3 fully saturated rings. The minimum Gasteiger partial charge on any atom is -0.368 e. The highest BCUT2D eigenvalue weighted by Crippen LogP contribution is 2.40. The Morgan fingerprint density at radius 3 is 2.47 bits per heavy atom. The summed E-state index contributed by atoms with van der Waals surface area (Å²) in [5.41, 5.74) is 8.28. The van der Waals surface area contributed by atoms with Gasteiger partial charge in [0, 0.05) is 25.0 Å². The van der Waals surface area contributed by atoms with E-state index >= 15 is 0 Å². The first kappa shape index (κ1) is 22.3. The van der Waals surface area contributed by atoms with E-state index in [1.54, 1.807) is 9.80 Å². The van der Waals surface area contributed by atoms with Crippen LogP contribution in [0.5, 0.6) is 0 Å². The van der Waals surface area contributed by atoms with Crippen LogP contribution < -0.4 is 16.5 Å². The van der Waals surface area contributed by atoms with Crippen LogP contribution in [-0.2, 0) is 14.4 Å². The molecule has 2 aliphatic heterocycles. The third-order valence-corrected chi connectivity index (χ3v) is 5.99. The molecule has 4 atom stereocenters. The van der Waals surface area contributed by atoms with Crippen molar-refractivity contribution < 1.29 is 19.2 Å². The molecule has 0 aromatic carbocycles. The maximum absolute atomic E-state index is 13.3. The Hall–Kier alpha value is -2.36. The topological polar surface area (TPSA) is 128 Å². The SMILES string of the molecule is CC(C)CNC(=O)C1CCC2C(=O)N(CC(C)C)C3NN(CC(N)=O)C(=O)N3C2C1. The number of rotatable bonds is 7. The number of hydrogen-bond donors (Lipinski definition) is 3. The molecule has 0 bridgehead atoms. The van der Waals surface area contributed by atoms with Gasteiger partial charge in [-0.05, 0) is 31.1 Å². The lowest BCUT2D eigenvalue weighted by Gasteiger charge is -2.50. The highest BCUT2D eigenvalue weighted by molar-refractivity contribution is 5.88. The minimum absolute atomic E-state index is 0.00258. The predicted octanol–water partition coefficient (Wildman–Crippen LogP) is 0.0528. The number of nitrogens with two attached hydrogens (primary N) is 1. The number of carbonyl (C=O) groups is 4. The Kier molecular flexibility index (Phi) is 6.54. The van der Waals surface area contributed by atoms with Gasteiger partial charge in [0.05, 0.1) is 5.92 Å². The van der Waals surface area contributed by atoms with Crippen molar-refractivity contribution in [1.82, 2.24) is 25.6 Å². The van der Waals surface area contributed by atoms with Crippen LogP contribution in [0.2, 0.25) is 0 Å². The standard InChI is InChI=1S/C20H34N6O4/c1-11(2)8-22-17(28)13-5-6-14-15(7-13)26-19(24(18(14)29)9-12(3)4)23-25(20(26)30)10-16(21)27/h11-15,19,23H,5-10H2,1-4H3,(H2,21,27)(H,22,28). The van der Waals surface area contributed by atoms with E-state index in [1.165, 1.54) is 5.01 Å². The van der Waals surface area contributed by atoms with Crippen molar-refractivity contribution in [2.45, 2.75) is 59.3 Å². The first-order chi connectivity index (χ1) is 14.1. The zero-order valence-corrected chi connectivity index (χ0v) is 18.3. The molecule has 5 amide bonds. The molecule has 1 saturated carbocycles. The number of hydrazine groups is 1. The van der Waals surface area contributed by atoms with Crippen molar-refractivity contribution in [3.05, 3.63) is 0 Å². The van der Waals surface area contributed by atoms with Gasteiger partial charge in [0.1, 0.15) is 6.54 Å². The number of nitrogens with one attached hydrogen (secondary N) is 2. The summed E-state index contributed by atoms with van der Waals surface area (Å²) in [6, 6.07) is -0.759. The fourth-order valence-corrected chi connectivity index (χ4v) is 4.66. The van der Waals surface area contributed by atoms with E-state index in [4.69, 9.17) is 5.73 Å². The van der Waals surface area contributed by atoms with Crippen LogP contribution in [-0.4, -0.2) is 70.5 Å². The molecule has 2 heterocycles. The summed E-state index contributed by atoms with van der Waals surface area (Å²) in [6.07, 6.45) is 0.955. The van der Waals surface area contributed by atoms with E-state index in [2.05, 4.69) is 10.7 Å². The maximum Gasteiger partial charge on any atom is 0.337 e. The summed E-state index contributed by atoms with van der Waals surface area (Å²) in [5.74, 6) is -0.679. The smallest absolute Gasteiger partial charge is 0.337 e. The van der Waals surface area contributed by atoms with Gasteiger partial charge in [-0.15, -0.1) is 0 Å². The molecule has 4 N–H and O–H groups in total. The van der Waals surface area contributed by atoms with E-state index in [0.29, 0.717) is 38.3 Å². The average Bonchev–Trinajstić information content (AvgIpc) is 2.98. The largest absolute Gasteiger partial charge is 0.368 e. The highest BCUT2D eigenvalue weighted by Gasteiger charge is 2.56. The number of carbonyl (C=O) groups excluding carboxylic acids is 4. The third kappa shape index (κ3) is 4.38. The van der Waals surface area contributed by atoms with E-state index in [1.807, 2.05) is 27.7 Å². The second kappa shape index (κ2) is 8.79. The fourth-order valence-electron chi connectivity index (χ4n) is 4.66. The molecule has 0 aromatic rings. The Morgan fingerprint density at radius 2 is 1.87 bits per heavy atom. The molecular formula is C20H34N6O4. The Labute approximate surface area is 177 Å². The Morgan fingerprint density at radius 1 is 1.17 bits per heavy atom. The van der Waals surface area contributed by atoms with Gasteiger partial charge in [-0.1, -0.05) is 27.7 Å². The highest BCUT2D eigenvalue weighted by atomic mass is 16.2. The van der Waals surface area contributed by atoms with Crippen LogP contribution >= 0.6 is 0 Å². The molecule has 2 saturated heterocycles. The molecular weight excluding hydrogens is 388 g/mol. The van der Waals surface area contributed by atoms with Crippen molar-refractivity contribution in [1.29, 1.82) is 0 Å². The number of primary amides is 1. The van der Waals surface area contributed by atoms with E-state index < -0.39 is 12.2 Å². The number of urea groups is 1. The average molecular weight is 423 g/mol. The normalized spacial score (nSPS) is 28.8. The van der Waals surface area contributed by atoms with Crippen molar-refractivity contribution in [2.24, 2.45) is 29.4 Å². The van der Waals surface area contributed by atoms with Crippen molar-refractivity contribution in [3.63, 3.8) is 0 Å². The molecule has 3 rings (SSSR count). The van der Waals surface area contributed by atoms with Crippen LogP contribution in [0, 0.1) is 23.7 Å². The summed E-state index contributed by atoms with van der Waals surface area (Å²) in [7, 11) is 0. The first-order valence-electron chi connectivity index (χ1n) is 10.8. The lowest BCUT2D eigenvalue weighted by molar-refractivity contribution is -0.159. The fraction of sp³-hybridized carbons (Fsp3) is 0.800. The van der Waals surface area contributed by atoms with Gasteiger partial charge in [-0.3, -0.25) is 19.3 Å². The Bertz CT molecular complexity index is 711.